The van der Waals surface area contributed by atoms with Gasteiger partial charge in [-0.1, -0.05) is 124 Å². The molecular formula is C35H66O8. The van der Waals surface area contributed by atoms with Crippen LogP contribution in [0.15, 0.2) is 0 Å². The summed E-state index contributed by atoms with van der Waals surface area (Å²) in [5.41, 5.74) is -0.717. The summed E-state index contributed by atoms with van der Waals surface area (Å²) in [5.74, 6) is -2.56. The van der Waals surface area contributed by atoms with E-state index in [1.165, 1.54) is 70.6 Å². The van der Waals surface area contributed by atoms with Gasteiger partial charge in [0.1, 0.15) is 0 Å². The minimum Gasteiger partial charge on any atom is -0.481 e. The zero-order valence-electron chi connectivity index (χ0n) is 28.0. The summed E-state index contributed by atoms with van der Waals surface area (Å²) in [7, 11) is 0. The third-order valence-electron chi connectivity index (χ3n) is 8.05. The molecule has 43 heavy (non-hydrogen) atoms. The van der Waals surface area contributed by atoms with E-state index in [9.17, 15) is 24.3 Å². The van der Waals surface area contributed by atoms with Crippen molar-refractivity contribution in [3.63, 3.8) is 0 Å². The Kier molecular flexibility index (Phi) is 31.3. The molecule has 3 N–H and O–H groups in total. The Bertz CT molecular complexity index is 693. The van der Waals surface area contributed by atoms with Crippen LogP contribution in [-0.4, -0.2) is 45.8 Å². The zero-order chi connectivity index (χ0) is 32.6. The highest BCUT2D eigenvalue weighted by molar-refractivity contribution is 5.74. The highest BCUT2D eigenvalue weighted by atomic mass is 16.5. The van der Waals surface area contributed by atoms with Gasteiger partial charge in [0.05, 0.1) is 12.0 Å². The second-order valence-electron chi connectivity index (χ2n) is 12.1. The average molecular weight is 615 g/mol. The molecule has 0 bridgehead atoms. The molecule has 0 radical (unpaired) electrons. The molecule has 0 spiro atoms. The lowest BCUT2D eigenvalue weighted by molar-refractivity contribution is -0.151. The molecule has 0 fully saturated rings. The average Bonchev–Trinajstić information content (AvgIpc) is 2.96. The number of hydrogen-bond donors (Lipinski definition) is 3. The van der Waals surface area contributed by atoms with Crippen molar-refractivity contribution in [2.45, 2.75) is 188 Å². The second kappa shape index (κ2) is 31.3. The molecule has 254 valence electrons. The van der Waals surface area contributed by atoms with Gasteiger partial charge in [0, 0.05) is 19.3 Å². The topological polar surface area (TPSA) is 138 Å². The largest absolute Gasteiger partial charge is 0.481 e. The lowest BCUT2D eigenvalue weighted by Crippen LogP contribution is -2.31. The Morgan fingerprint density at radius 1 is 0.465 bits per heavy atom. The summed E-state index contributed by atoms with van der Waals surface area (Å²) in [4.78, 5) is 44.3. The molecule has 0 aliphatic carbocycles. The maximum absolute atomic E-state index is 12.1. The van der Waals surface area contributed by atoms with E-state index in [2.05, 4.69) is 20.8 Å². The molecule has 0 aromatic carbocycles. The molecule has 0 aromatic rings. The Morgan fingerprint density at radius 3 is 1.28 bits per heavy atom. The normalized spacial score (nSPS) is 12.2. The van der Waals surface area contributed by atoms with Gasteiger partial charge in [-0.15, -0.1) is 0 Å². The summed E-state index contributed by atoms with van der Waals surface area (Å²) in [6.45, 7) is 7.05. The second-order valence-corrected chi connectivity index (χ2v) is 12.1. The van der Waals surface area contributed by atoms with Crippen LogP contribution in [0.1, 0.15) is 188 Å². The Morgan fingerprint density at radius 2 is 0.837 bits per heavy atom. The van der Waals surface area contributed by atoms with Gasteiger partial charge in [-0.05, 0) is 44.9 Å². The van der Waals surface area contributed by atoms with Crippen molar-refractivity contribution >= 4 is 23.9 Å². The highest BCUT2D eigenvalue weighted by Crippen LogP contribution is 2.37. The van der Waals surface area contributed by atoms with E-state index >= 15 is 0 Å². The molecule has 8 nitrogen and oxygen atoms in total. The molecule has 0 aromatic heterocycles. The van der Waals surface area contributed by atoms with Crippen LogP contribution in [0.5, 0.6) is 0 Å². The molecule has 0 saturated carbocycles. The van der Waals surface area contributed by atoms with E-state index in [1.807, 2.05) is 0 Å². The standard InChI is InChI=1S/C22H42O4.C13H24O4/c1-3-5-7-9-10-12-14-18-22(21(25)26,19-15-16-20(23)24)17-13-11-8-6-4-2;1-2-3-4-5-8-11-17-13(16)10-7-6-9-12(14)15/h3-19H2,1-2H3,(H,23,24)(H,25,26);2-11H2,1H3,(H,14,15). The predicted octanol–water partition coefficient (Wildman–Crippen LogP) is 9.96. The highest BCUT2D eigenvalue weighted by Gasteiger charge is 2.36. The molecular weight excluding hydrogens is 548 g/mol. The first kappa shape index (κ1) is 43.0. The van der Waals surface area contributed by atoms with Crippen LogP contribution >= 0.6 is 0 Å². The van der Waals surface area contributed by atoms with Gasteiger partial charge >= 0.3 is 23.9 Å². The quantitative estimate of drug-likeness (QED) is 0.0536. The number of carboxylic acids is 3. The maximum atomic E-state index is 12.1. The number of ether oxygens (including phenoxy) is 1. The lowest BCUT2D eigenvalue weighted by atomic mass is 9.74. The van der Waals surface area contributed by atoms with Crippen molar-refractivity contribution in [3.05, 3.63) is 0 Å². The smallest absolute Gasteiger partial charge is 0.309 e. The molecule has 0 rings (SSSR count). The van der Waals surface area contributed by atoms with Crippen LogP contribution in [0, 0.1) is 5.41 Å². The minimum atomic E-state index is -0.830. The number of carbonyl (C=O) groups excluding carboxylic acids is 1. The van der Waals surface area contributed by atoms with E-state index < -0.39 is 23.3 Å². The number of rotatable bonds is 30. The van der Waals surface area contributed by atoms with Gasteiger partial charge in [0.25, 0.3) is 0 Å². The number of carboxylic acid groups (broad SMARTS) is 3. The van der Waals surface area contributed by atoms with E-state index in [0.717, 1.165) is 38.5 Å². The number of aliphatic carboxylic acids is 3. The van der Waals surface area contributed by atoms with Gasteiger partial charge in [0.15, 0.2) is 0 Å². The van der Waals surface area contributed by atoms with Crippen LogP contribution in [-0.2, 0) is 23.9 Å². The van der Waals surface area contributed by atoms with Crippen molar-refractivity contribution in [3.8, 4) is 0 Å². The van der Waals surface area contributed by atoms with E-state index in [1.54, 1.807) is 0 Å². The van der Waals surface area contributed by atoms with Crippen molar-refractivity contribution in [2.75, 3.05) is 6.61 Å². The van der Waals surface area contributed by atoms with Crippen LogP contribution in [0.3, 0.4) is 0 Å². The number of hydrogen-bond acceptors (Lipinski definition) is 5. The fraction of sp³-hybridized carbons (Fsp3) is 0.886. The van der Waals surface area contributed by atoms with Crippen LogP contribution < -0.4 is 0 Å². The van der Waals surface area contributed by atoms with Gasteiger partial charge in [-0.25, -0.2) is 0 Å². The van der Waals surface area contributed by atoms with Gasteiger partial charge < -0.3 is 20.1 Å². The number of esters is 1. The molecule has 1 unspecified atom stereocenters. The Hall–Kier alpha value is -2.12. The number of unbranched alkanes of at least 4 members (excludes halogenated alkanes) is 15. The fourth-order valence-electron chi connectivity index (χ4n) is 5.27. The molecule has 0 aliphatic rings. The van der Waals surface area contributed by atoms with Gasteiger partial charge in [-0.2, -0.15) is 0 Å². The fourth-order valence-corrected chi connectivity index (χ4v) is 5.27. The van der Waals surface area contributed by atoms with Crippen molar-refractivity contribution < 1.29 is 39.2 Å². The van der Waals surface area contributed by atoms with Gasteiger partial charge in [0.2, 0.25) is 0 Å². The number of carbonyl (C=O) groups is 4. The predicted molar refractivity (Wildman–Crippen MR) is 173 cm³/mol. The van der Waals surface area contributed by atoms with Crippen molar-refractivity contribution in [1.29, 1.82) is 0 Å². The zero-order valence-corrected chi connectivity index (χ0v) is 28.0. The molecule has 8 heteroatoms. The van der Waals surface area contributed by atoms with Crippen molar-refractivity contribution in [2.24, 2.45) is 5.41 Å². The molecule has 0 heterocycles. The Balaban J connectivity index is 0. The van der Waals surface area contributed by atoms with Crippen molar-refractivity contribution in [1.82, 2.24) is 0 Å². The van der Waals surface area contributed by atoms with Crippen LogP contribution in [0.4, 0.5) is 0 Å². The van der Waals surface area contributed by atoms with E-state index in [0.29, 0.717) is 51.6 Å². The van der Waals surface area contributed by atoms with E-state index in [-0.39, 0.29) is 18.8 Å². The maximum Gasteiger partial charge on any atom is 0.309 e. The molecule has 0 saturated heterocycles. The third kappa shape index (κ3) is 29.7. The van der Waals surface area contributed by atoms with Gasteiger partial charge in [-0.3, -0.25) is 19.2 Å². The van der Waals surface area contributed by atoms with Crippen LogP contribution in [0.25, 0.3) is 0 Å². The van der Waals surface area contributed by atoms with E-state index in [4.69, 9.17) is 14.9 Å². The molecule has 0 amide bonds. The van der Waals surface area contributed by atoms with Crippen LogP contribution in [0.2, 0.25) is 0 Å². The summed E-state index contributed by atoms with van der Waals surface area (Å²) in [6, 6.07) is 0. The summed E-state index contributed by atoms with van der Waals surface area (Å²) < 4.78 is 5.04. The SMILES string of the molecule is CCCCCCCCCC(CCCCCCC)(CCCC(=O)O)C(=O)O.CCCCCCCOC(=O)CCCCC(=O)O. The molecule has 0 aliphatic heterocycles. The molecule has 1 atom stereocenters. The summed E-state index contributed by atoms with van der Waals surface area (Å²) >= 11 is 0. The first-order chi connectivity index (χ1) is 20.6. The Labute approximate surface area is 262 Å². The summed E-state index contributed by atoms with van der Waals surface area (Å²) in [5, 5.41) is 27.2. The summed E-state index contributed by atoms with van der Waals surface area (Å²) in [6.07, 6.45) is 23.6. The first-order valence-electron chi connectivity index (χ1n) is 17.5. The first-order valence-corrected chi connectivity index (χ1v) is 17.5. The minimum absolute atomic E-state index is 0.0713. The monoisotopic (exact) mass is 614 g/mol. The third-order valence-corrected chi connectivity index (χ3v) is 8.05. The lowest BCUT2D eigenvalue weighted by Gasteiger charge is -2.30.